The number of halogens is 1. The molecule has 1 N–H and O–H groups in total. The zero-order chi connectivity index (χ0) is 15.5. The fraction of sp³-hybridized carbons (Fsp3) is 0.400. The summed E-state index contributed by atoms with van der Waals surface area (Å²) in [4.78, 5) is 18.5. The first-order valence-electron chi connectivity index (χ1n) is 7.31. The van der Waals surface area contributed by atoms with Gasteiger partial charge in [-0.15, -0.1) is 0 Å². The molecule has 6 nitrogen and oxygen atoms in total. The fourth-order valence-corrected chi connectivity index (χ4v) is 2.74. The minimum atomic E-state index is 0.0656. The van der Waals surface area contributed by atoms with Gasteiger partial charge < -0.3 is 10.2 Å². The number of carbonyl (C=O) groups is 1. The predicted molar refractivity (Wildman–Crippen MR) is 84.9 cm³/mol. The summed E-state index contributed by atoms with van der Waals surface area (Å²) in [5.41, 5.74) is 1.39. The van der Waals surface area contributed by atoms with Gasteiger partial charge in [-0.05, 0) is 31.0 Å². The third-order valence-corrected chi connectivity index (χ3v) is 4.18. The third-order valence-electron chi connectivity index (χ3n) is 3.85. The lowest BCUT2D eigenvalue weighted by Gasteiger charge is -2.16. The van der Waals surface area contributed by atoms with Gasteiger partial charge in [-0.25, -0.2) is 4.98 Å². The lowest BCUT2D eigenvalue weighted by Crippen LogP contribution is -2.27. The molecule has 7 heteroatoms. The number of anilines is 1. The van der Waals surface area contributed by atoms with Gasteiger partial charge in [-0.3, -0.25) is 9.48 Å². The van der Waals surface area contributed by atoms with E-state index in [4.69, 9.17) is 11.6 Å². The first kappa shape index (κ1) is 14.8. The molecule has 0 spiro atoms. The van der Waals surface area contributed by atoms with Crippen molar-refractivity contribution in [1.82, 2.24) is 19.7 Å². The number of nitrogens with one attached hydrogen (secondary N) is 1. The van der Waals surface area contributed by atoms with Gasteiger partial charge in [0, 0.05) is 25.7 Å². The van der Waals surface area contributed by atoms with Gasteiger partial charge in [-0.2, -0.15) is 5.10 Å². The lowest BCUT2D eigenvalue weighted by molar-refractivity contribution is 0.0793. The molecule has 0 saturated carbocycles. The van der Waals surface area contributed by atoms with Crippen LogP contribution >= 0.6 is 11.6 Å². The number of benzene rings is 1. The van der Waals surface area contributed by atoms with Crippen LogP contribution in [0.25, 0.3) is 0 Å². The second-order valence-electron chi connectivity index (χ2n) is 5.35. The molecule has 1 fully saturated rings. The second-order valence-corrected chi connectivity index (χ2v) is 5.75. The summed E-state index contributed by atoms with van der Waals surface area (Å²) < 4.78 is 1.69. The zero-order valence-corrected chi connectivity index (χ0v) is 13.2. The number of hydrogen-bond donors (Lipinski definition) is 1. The number of aryl methyl sites for hydroxylation is 1. The smallest absolute Gasteiger partial charge is 0.253 e. The van der Waals surface area contributed by atoms with E-state index in [-0.39, 0.29) is 5.91 Å². The van der Waals surface area contributed by atoms with Gasteiger partial charge in [-0.1, -0.05) is 11.6 Å². The number of likely N-dealkylation sites (tertiary alicyclic amines) is 1. The topological polar surface area (TPSA) is 63.1 Å². The number of hydrogen-bond acceptors (Lipinski definition) is 4. The Labute approximate surface area is 134 Å². The molecule has 1 amide bonds. The van der Waals surface area contributed by atoms with Crippen LogP contribution in [0.3, 0.4) is 0 Å². The Morgan fingerprint density at radius 3 is 2.82 bits per heavy atom. The van der Waals surface area contributed by atoms with Crippen molar-refractivity contribution >= 4 is 23.2 Å². The molecule has 0 atom stereocenters. The number of nitrogens with zero attached hydrogens (tertiary/aromatic N) is 4. The average molecular weight is 320 g/mol. The highest BCUT2D eigenvalue weighted by molar-refractivity contribution is 6.33. The van der Waals surface area contributed by atoms with Gasteiger partial charge in [0.25, 0.3) is 5.91 Å². The van der Waals surface area contributed by atoms with E-state index in [2.05, 4.69) is 15.4 Å². The van der Waals surface area contributed by atoms with E-state index >= 15 is 0 Å². The molecule has 1 aromatic carbocycles. The van der Waals surface area contributed by atoms with E-state index in [0.29, 0.717) is 17.1 Å². The molecular formula is C15H18ClN5O. The third kappa shape index (κ3) is 3.06. The molecule has 1 aliphatic rings. The van der Waals surface area contributed by atoms with E-state index < -0.39 is 0 Å². The maximum atomic E-state index is 12.4. The minimum Gasteiger partial charge on any atom is -0.377 e. The standard InChI is InChI=1S/C15H18ClN5O/c1-20-14(18-10-19-20)9-17-13-8-11(4-5-12(13)16)15(22)21-6-2-3-7-21/h4-5,8,10,17H,2-3,6-7,9H2,1H3. The van der Waals surface area contributed by atoms with Crippen molar-refractivity contribution in [3.05, 3.63) is 40.9 Å². The first-order chi connectivity index (χ1) is 10.6. The molecule has 22 heavy (non-hydrogen) atoms. The summed E-state index contributed by atoms with van der Waals surface area (Å²) >= 11 is 6.21. The highest BCUT2D eigenvalue weighted by atomic mass is 35.5. The highest BCUT2D eigenvalue weighted by Gasteiger charge is 2.20. The van der Waals surface area contributed by atoms with Crippen molar-refractivity contribution < 1.29 is 4.79 Å². The average Bonchev–Trinajstić information content (AvgIpc) is 3.17. The Morgan fingerprint density at radius 2 is 2.14 bits per heavy atom. The molecule has 2 heterocycles. The Hall–Kier alpha value is -2.08. The van der Waals surface area contributed by atoms with E-state index in [9.17, 15) is 4.79 Å². The van der Waals surface area contributed by atoms with Crippen LogP contribution in [0.15, 0.2) is 24.5 Å². The summed E-state index contributed by atoms with van der Waals surface area (Å²) in [5.74, 6) is 0.864. The number of aromatic nitrogens is 3. The van der Waals surface area contributed by atoms with Crippen molar-refractivity contribution in [2.24, 2.45) is 7.05 Å². The fourth-order valence-electron chi connectivity index (χ4n) is 2.55. The van der Waals surface area contributed by atoms with Gasteiger partial charge in [0.15, 0.2) is 0 Å². The molecule has 1 aliphatic heterocycles. The van der Waals surface area contributed by atoms with Crippen LogP contribution in [-0.4, -0.2) is 38.7 Å². The van der Waals surface area contributed by atoms with Crippen LogP contribution in [0.4, 0.5) is 5.69 Å². The molecule has 0 radical (unpaired) electrons. The van der Waals surface area contributed by atoms with Gasteiger partial charge in [0.1, 0.15) is 12.2 Å². The van der Waals surface area contributed by atoms with Crippen LogP contribution in [-0.2, 0) is 13.6 Å². The van der Waals surface area contributed by atoms with Crippen LogP contribution in [0.5, 0.6) is 0 Å². The van der Waals surface area contributed by atoms with Crippen LogP contribution in [0.2, 0.25) is 5.02 Å². The van der Waals surface area contributed by atoms with Gasteiger partial charge in [0.05, 0.1) is 17.3 Å². The molecule has 2 aromatic rings. The molecule has 1 aromatic heterocycles. The molecule has 116 valence electrons. The minimum absolute atomic E-state index is 0.0656. The van der Waals surface area contributed by atoms with Crippen molar-refractivity contribution in [3.8, 4) is 0 Å². The first-order valence-corrected chi connectivity index (χ1v) is 7.68. The molecule has 0 aliphatic carbocycles. The van der Waals surface area contributed by atoms with E-state index in [0.717, 1.165) is 37.4 Å². The lowest BCUT2D eigenvalue weighted by atomic mass is 10.1. The molecular weight excluding hydrogens is 302 g/mol. The molecule has 3 rings (SSSR count). The Balaban J connectivity index is 1.74. The van der Waals surface area contributed by atoms with Crippen LogP contribution in [0.1, 0.15) is 29.0 Å². The van der Waals surface area contributed by atoms with Gasteiger partial charge >= 0.3 is 0 Å². The van der Waals surface area contributed by atoms with E-state index in [1.807, 2.05) is 11.9 Å². The molecule has 0 unspecified atom stereocenters. The van der Waals surface area contributed by atoms with E-state index in [1.54, 1.807) is 22.9 Å². The Bertz CT molecular complexity index is 678. The SMILES string of the molecule is Cn1ncnc1CNc1cc(C(=O)N2CCCC2)ccc1Cl. The monoisotopic (exact) mass is 319 g/mol. The summed E-state index contributed by atoms with van der Waals surface area (Å²) in [6.45, 7) is 2.17. The van der Waals surface area contributed by atoms with Crippen molar-refractivity contribution in [1.29, 1.82) is 0 Å². The van der Waals surface area contributed by atoms with E-state index in [1.165, 1.54) is 6.33 Å². The van der Waals surface area contributed by atoms with Crippen LogP contribution < -0.4 is 5.32 Å². The summed E-state index contributed by atoms with van der Waals surface area (Å²) in [5, 5.41) is 7.82. The van der Waals surface area contributed by atoms with Crippen molar-refractivity contribution in [3.63, 3.8) is 0 Å². The number of carbonyl (C=O) groups excluding carboxylic acids is 1. The normalized spacial score (nSPS) is 14.4. The zero-order valence-electron chi connectivity index (χ0n) is 12.4. The van der Waals surface area contributed by atoms with Crippen LogP contribution in [0, 0.1) is 0 Å². The quantitative estimate of drug-likeness (QED) is 0.939. The van der Waals surface area contributed by atoms with Gasteiger partial charge in [0.2, 0.25) is 0 Å². The Morgan fingerprint density at radius 1 is 1.36 bits per heavy atom. The number of amides is 1. The maximum absolute atomic E-state index is 12.4. The largest absolute Gasteiger partial charge is 0.377 e. The maximum Gasteiger partial charge on any atom is 0.253 e. The summed E-state index contributed by atoms with van der Waals surface area (Å²) in [7, 11) is 1.83. The number of rotatable bonds is 4. The van der Waals surface area contributed by atoms with Crippen molar-refractivity contribution in [2.45, 2.75) is 19.4 Å². The molecule has 1 saturated heterocycles. The summed E-state index contributed by atoms with van der Waals surface area (Å²) in [6.07, 6.45) is 3.67. The Kier molecular flexibility index (Phi) is 4.29. The van der Waals surface area contributed by atoms with Crippen molar-refractivity contribution in [2.75, 3.05) is 18.4 Å². The molecule has 0 bridgehead atoms. The summed E-state index contributed by atoms with van der Waals surface area (Å²) in [6, 6.07) is 5.33. The highest BCUT2D eigenvalue weighted by Crippen LogP contribution is 2.25. The predicted octanol–water partition coefficient (Wildman–Crippen LogP) is 2.32. The second kappa shape index (κ2) is 6.36.